The van der Waals surface area contributed by atoms with Crippen LogP contribution in [-0.4, -0.2) is 20.9 Å². The second-order valence-corrected chi connectivity index (χ2v) is 9.57. The summed E-state index contributed by atoms with van der Waals surface area (Å²) in [4.78, 5) is 22.1. The van der Waals surface area contributed by atoms with Crippen molar-refractivity contribution in [3.05, 3.63) is 52.7 Å². The highest BCUT2D eigenvalue weighted by Gasteiger charge is 2.46. The molecule has 2 aliphatic carbocycles. The number of hydrogen-bond donors (Lipinski definition) is 1. The maximum absolute atomic E-state index is 12.5. The van der Waals surface area contributed by atoms with Gasteiger partial charge >= 0.3 is 0 Å². The van der Waals surface area contributed by atoms with Crippen molar-refractivity contribution < 1.29 is 9.90 Å². The summed E-state index contributed by atoms with van der Waals surface area (Å²) in [6, 6.07) is 7.95. The van der Waals surface area contributed by atoms with Crippen molar-refractivity contribution in [3.63, 3.8) is 0 Å². The number of carbonyl (C=O) groups excluding carboxylic acids is 1. The lowest BCUT2D eigenvalue weighted by Crippen LogP contribution is -2.10. The summed E-state index contributed by atoms with van der Waals surface area (Å²) in [5.41, 5.74) is 7.09. The van der Waals surface area contributed by atoms with Gasteiger partial charge in [0.25, 0.3) is 0 Å². The van der Waals surface area contributed by atoms with Gasteiger partial charge in [0.05, 0.1) is 16.7 Å². The van der Waals surface area contributed by atoms with E-state index in [1.54, 1.807) is 13.1 Å². The molecule has 2 atom stereocenters. The Bertz CT molecular complexity index is 1150. The van der Waals surface area contributed by atoms with Crippen LogP contribution in [-0.2, 0) is 0 Å². The number of rotatable bonds is 4. The number of phenolic OH excluding ortho intramolecular Hbond substituents is 1. The fourth-order valence-corrected chi connectivity index (χ4v) is 5.64. The van der Waals surface area contributed by atoms with Gasteiger partial charge in [-0.25, -0.2) is 4.98 Å². The quantitative estimate of drug-likeness (QED) is 0.495. The standard InChI is InChI=1S/C27H30N2O2/c1-15-11-19(12-16(2)27(15)31)23-9-10-24-26(29-23)25(22(14-28-24)17(3)30)21-13-20(21)18-7-5-4-6-8-18/h9-12,14,18,20-21,31H,4-8,13H2,1-3H3/t20-,21?/m0/s1. The second-order valence-electron chi connectivity index (χ2n) is 9.57. The Morgan fingerprint density at radius 2 is 1.77 bits per heavy atom. The zero-order valence-corrected chi connectivity index (χ0v) is 18.6. The molecule has 2 heterocycles. The summed E-state index contributed by atoms with van der Waals surface area (Å²) >= 11 is 0. The smallest absolute Gasteiger partial charge is 0.161 e. The number of aryl methyl sites for hydroxylation is 2. The molecule has 3 aromatic rings. The minimum absolute atomic E-state index is 0.0715. The van der Waals surface area contributed by atoms with E-state index in [-0.39, 0.29) is 5.78 Å². The van der Waals surface area contributed by atoms with E-state index in [1.165, 1.54) is 32.1 Å². The topological polar surface area (TPSA) is 63.1 Å². The minimum atomic E-state index is 0.0715. The Kier molecular flexibility index (Phi) is 5.04. The average Bonchev–Trinajstić information content (AvgIpc) is 3.57. The number of benzene rings is 1. The summed E-state index contributed by atoms with van der Waals surface area (Å²) in [7, 11) is 0. The molecule has 1 aromatic carbocycles. The number of aromatic hydroxyl groups is 1. The molecule has 1 unspecified atom stereocenters. The summed E-state index contributed by atoms with van der Waals surface area (Å²) in [5.74, 6) is 2.28. The Morgan fingerprint density at radius 3 is 2.45 bits per heavy atom. The monoisotopic (exact) mass is 414 g/mol. The van der Waals surface area contributed by atoms with Crippen LogP contribution in [0.1, 0.15) is 78.4 Å². The third kappa shape index (κ3) is 3.62. The van der Waals surface area contributed by atoms with Crippen LogP contribution in [0.25, 0.3) is 22.3 Å². The molecule has 1 N–H and O–H groups in total. The highest BCUT2D eigenvalue weighted by atomic mass is 16.3. The maximum Gasteiger partial charge on any atom is 0.161 e. The Balaban J connectivity index is 1.62. The van der Waals surface area contributed by atoms with Crippen molar-refractivity contribution >= 4 is 16.8 Å². The van der Waals surface area contributed by atoms with Crippen molar-refractivity contribution in [2.75, 3.05) is 0 Å². The number of pyridine rings is 2. The van der Waals surface area contributed by atoms with E-state index >= 15 is 0 Å². The number of aromatic nitrogens is 2. The number of carbonyl (C=O) groups is 1. The van der Waals surface area contributed by atoms with E-state index in [4.69, 9.17) is 4.98 Å². The third-order valence-electron chi connectivity index (χ3n) is 7.38. The van der Waals surface area contributed by atoms with Gasteiger partial charge in [0.1, 0.15) is 5.75 Å². The highest BCUT2D eigenvalue weighted by molar-refractivity contribution is 6.00. The zero-order chi connectivity index (χ0) is 21.7. The SMILES string of the molecule is CC(=O)c1cnc2ccc(-c3cc(C)c(O)c(C)c3)nc2c1C1C[C@H]1C1CCCCC1. The van der Waals surface area contributed by atoms with Gasteiger partial charge in [-0.1, -0.05) is 32.1 Å². The molecule has 0 aliphatic heterocycles. The molecule has 4 nitrogen and oxygen atoms in total. The fraction of sp³-hybridized carbons (Fsp3) is 0.444. The third-order valence-corrected chi connectivity index (χ3v) is 7.38. The van der Waals surface area contributed by atoms with Gasteiger partial charge in [0.2, 0.25) is 0 Å². The minimum Gasteiger partial charge on any atom is -0.507 e. The molecule has 2 fully saturated rings. The summed E-state index contributed by atoms with van der Waals surface area (Å²) in [5, 5.41) is 10.2. The van der Waals surface area contributed by atoms with Crippen LogP contribution in [0.4, 0.5) is 0 Å². The first-order valence-electron chi connectivity index (χ1n) is 11.5. The Hall–Kier alpha value is -2.75. The summed E-state index contributed by atoms with van der Waals surface area (Å²) in [6.07, 6.45) is 9.61. The normalized spacial score (nSPS) is 21.4. The van der Waals surface area contributed by atoms with Gasteiger partial charge in [-0.3, -0.25) is 9.78 Å². The molecule has 31 heavy (non-hydrogen) atoms. The lowest BCUT2D eigenvalue weighted by molar-refractivity contribution is 0.101. The lowest BCUT2D eigenvalue weighted by atomic mass is 9.84. The number of phenols is 1. The molecule has 0 spiro atoms. The number of fused-ring (bicyclic) bond motifs is 1. The molecule has 2 aliphatic rings. The second kappa shape index (κ2) is 7.74. The molecule has 160 valence electrons. The Labute approximate surface area is 183 Å². The van der Waals surface area contributed by atoms with E-state index in [2.05, 4.69) is 4.98 Å². The van der Waals surface area contributed by atoms with Gasteiger partial charge in [-0.05, 0) is 85.9 Å². The van der Waals surface area contributed by atoms with Crippen LogP contribution in [0.15, 0.2) is 30.5 Å². The van der Waals surface area contributed by atoms with Crippen LogP contribution in [0.2, 0.25) is 0 Å². The van der Waals surface area contributed by atoms with Gasteiger partial charge < -0.3 is 5.11 Å². The van der Waals surface area contributed by atoms with Gasteiger partial charge in [-0.2, -0.15) is 0 Å². The molecule has 2 saturated carbocycles. The number of hydrogen-bond acceptors (Lipinski definition) is 4. The molecule has 2 aromatic heterocycles. The van der Waals surface area contributed by atoms with Crippen molar-refractivity contribution in [3.8, 4) is 17.0 Å². The van der Waals surface area contributed by atoms with Crippen LogP contribution in [0.5, 0.6) is 5.75 Å². The molecule has 0 amide bonds. The van der Waals surface area contributed by atoms with E-state index in [0.29, 0.717) is 17.6 Å². The summed E-state index contributed by atoms with van der Waals surface area (Å²) < 4.78 is 0. The number of ketones is 1. The number of Topliss-reactive ketones (excluding diaryl/α,β-unsaturated/α-hetero) is 1. The highest BCUT2D eigenvalue weighted by Crippen LogP contribution is 2.57. The first kappa shape index (κ1) is 20.2. The van der Waals surface area contributed by atoms with Crippen LogP contribution in [0, 0.1) is 25.7 Å². The first-order chi connectivity index (χ1) is 14.9. The van der Waals surface area contributed by atoms with E-state index in [9.17, 15) is 9.90 Å². The molecule has 0 radical (unpaired) electrons. The van der Waals surface area contributed by atoms with Crippen LogP contribution in [0.3, 0.4) is 0 Å². The molecular weight excluding hydrogens is 384 g/mol. The van der Waals surface area contributed by atoms with Crippen molar-refractivity contribution in [1.82, 2.24) is 9.97 Å². The summed E-state index contributed by atoms with van der Waals surface area (Å²) in [6.45, 7) is 5.46. The van der Waals surface area contributed by atoms with E-state index in [0.717, 1.165) is 56.9 Å². The average molecular weight is 415 g/mol. The molecule has 4 heteroatoms. The fourth-order valence-electron chi connectivity index (χ4n) is 5.64. The predicted octanol–water partition coefficient (Wildman–Crippen LogP) is 6.51. The maximum atomic E-state index is 12.5. The van der Waals surface area contributed by atoms with E-state index < -0.39 is 0 Å². The van der Waals surface area contributed by atoms with Crippen molar-refractivity contribution in [2.45, 2.75) is 65.2 Å². The predicted molar refractivity (Wildman–Crippen MR) is 124 cm³/mol. The van der Waals surface area contributed by atoms with Crippen LogP contribution >= 0.6 is 0 Å². The molecule has 5 rings (SSSR count). The number of nitrogens with zero attached hydrogens (tertiary/aromatic N) is 2. The van der Waals surface area contributed by atoms with Gasteiger partial charge in [0, 0.05) is 17.3 Å². The first-order valence-corrected chi connectivity index (χ1v) is 11.5. The molecule has 0 saturated heterocycles. The van der Waals surface area contributed by atoms with Crippen LogP contribution < -0.4 is 0 Å². The van der Waals surface area contributed by atoms with Gasteiger partial charge in [0.15, 0.2) is 5.78 Å². The largest absolute Gasteiger partial charge is 0.507 e. The lowest BCUT2D eigenvalue weighted by Gasteiger charge is -2.22. The van der Waals surface area contributed by atoms with Crippen molar-refractivity contribution in [2.24, 2.45) is 11.8 Å². The van der Waals surface area contributed by atoms with E-state index in [1.807, 2.05) is 38.1 Å². The Morgan fingerprint density at radius 1 is 1.06 bits per heavy atom. The molecule has 0 bridgehead atoms. The van der Waals surface area contributed by atoms with Gasteiger partial charge in [-0.15, -0.1) is 0 Å². The zero-order valence-electron chi connectivity index (χ0n) is 18.6. The van der Waals surface area contributed by atoms with Crippen molar-refractivity contribution in [1.29, 1.82) is 0 Å². The molecular formula is C27H30N2O2.